The molecule has 0 atom stereocenters. The van der Waals surface area contributed by atoms with Gasteiger partial charge >= 0.3 is 0 Å². The van der Waals surface area contributed by atoms with Crippen LogP contribution in [0.25, 0.3) is 0 Å². The first-order chi connectivity index (χ1) is 9.16. The van der Waals surface area contributed by atoms with Gasteiger partial charge in [0, 0.05) is 26.0 Å². The standard InChI is InChI=1S/C14H16N4O/c1-18(10-7-11-5-8-16-9-6-11)14(19)12-3-2-4-13(15)17-12/h2-6,8-9H,7,10H2,1H3,(H2,15,17). The molecule has 0 aliphatic heterocycles. The lowest BCUT2D eigenvalue weighted by Gasteiger charge is -2.16. The molecule has 0 aliphatic rings. The number of nitrogens with zero attached hydrogens (tertiary/aromatic N) is 3. The summed E-state index contributed by atoms with van der Waals surface area (Å²) in [7, 11) is 1.76. The summed E-state index contributed by atoms with van der Waals surface area (Å²) in [4.78, 5) is 21.7. The van der Waals surface area contributed by atoms with Gasteiger partial charge in [-0.05, 0) is 36.2 Å². The number of rotatable bonds is 4. The average Bonchev–Trinajstić information content (AvgIpc) is 2.45. The zero-order valence-corrected chi connectivity index (χ0v) is 10.8. The molecule has 19 heavy (non-hydrogen) atoms. The number of aromatic nitrogens is 2. The van der Waals surface area contributed by atoms with Gasteiger partial charge in [-0.3, -0.25) is 9.78 Å². The second-order valence-corrected chi connectivity index (χ2v) is 4.28. The van der Waals surface area contributed by atoms with Crippen molar-refractivity contribution in [1.82, 2.24) is 14.9 Å². The van der Waals surface area contributed by atoms with E-state index in [1.54, 1.807) is 42.5 Å². The summed E-state index contributed by atoms with van der Waals surface area (Å²) in [5.41, 5.74) is 7.09. The highest BCUT2D eigenvalue weighted by molar-refractivity contribution is 5.92. The topological polar surface area (TPSA) is 72.1 Å². The Morgan fingerprint density at radius 1 is 1.26 bits per heavy atom. The molecule has 98 valence electrons. The number of hydrogen-bond donors (Lipinski definition) is 1. The van der Waals surface area contributed by atoms with Crippen LogP contribution in [0.5, 0.6) is 0 Å². The number of anilines is 1. The maximum atomic E-state index is 12.1. The van der Waals surface area contributed by atoms with E-state index in [0.717, 1.165) is 12.0 Å². The van der Waals surface area contributed by atoms with Crippen LogP contribution in [0.3, 0.4) is 0 Å². The van der Waals surface area contributed by atoms with E-state index in [4.69, 9.17) is 5.73 Å². The van der Waals surface area contributed by atoms with Crippen molar-refractivity contribution in [3.8, 4) is 0 Å². The Bertz CT molecular complexity index is 556. The average molecular weight is 256 g/mol. The Morgan fingerprint density at radius 3 is 2.68 bits per heavy atom. The van der Waals surface area contributed by atoms with Gasteiger partial charge in [0.05, 0.1) is 0 Å². The molecule has 0 unspecified atom stereocenters. The Morgan fingerprint density at radius 2 is 2.00 bits per heavy atom. The SMILES string of the molecule is CN(CCc1ccncc1)C(=O)c1cccc(N)n1. The summed E-state index contributed by atoms with van der Waals surface area (Å²) in [5.74, 6) is 0.231. The molecule has 2 aromatic heterocycles. The summed E-state index contributed by atoms with van der Waals surface area (Å²) in [6.45, 7) is 0.624. The minimum absolute atomic E-state index is 0.124. The highest BCUT2D eigenvalue weighted by atomic mass is 16.2. The third-order valence-corrected chi connectivity index (χ3v) is 2.82. The lowest BCUT2D eigenvalue weighted by molar-refractivity contribution is 0.0791. The molecule has 2 heterocycles. The van der Waals surface area contributed by atoms with Crippen LogP contribution in [0.15, 0.2) is 42.7 Å². The molecule has 5 nitrogen and oxygen atoms in total. The van der Waals surface area contributed by atoms with E-state index >= 15 is 0 Å². The van der Waals surface area contributed by atoms with Crippen LogP contribution in [-0.4, -0.2) is 34.4 Å². The molecule has 0 bridgehead atoms. The largest absolute Gasteiger partial charge is 0.384 e. The van der Waals surface area contributed by atoms with Crippen LogP contribution in [0.1, 0.15) is 16.1 Å². The van der Waals surface area contributed by atoms with Crippen LogP contribution in [-0.2, 0) is 6.42 Å². The fourth-order valence-corrected chi connectivity index (χ4v) is 1.71. The molecule has 2 rings (SSSR count). The number of carbonyl (C=O) groups excluding carboxylic acids is 1. The number of nitrogens with two attached hydrogens (primary N) is 1. The van der Waals surface area contributed by atoms with Crippen LogP contribution >= 0.6 is 0 Å². The normalized spacial score (nSPS) is 10.2. The van der Waals surface area contributed by atoms with Gasteiger partial charge < -0.3 is 10.6 Å². The third kappa shape index (κ3) is 3.51. The summed E-state index contributed by atoms with van der Waals surface area (Å²) >= 11 is 0. The highest BCUT2D eigenvalue weighted by Gasteiger charge is 2.12. The summed E-state index contributed by atoms with van der Waals surface area (Å²) in [6.07, 6.45) is 4.28. The van der Waals surface area contributed by atoms with Gasteiger partial charge in [0.2, 0.25) is 0 Å². The van der Waals surface area contributed by atoms with Crippen molar-refractivity contribution >= 4 is 11.7 Å². The maximum Gasteiger partial charge on any atom is 0.272 e. The molecule has 0 saturated carbocycles. The third-order valence-electron chi connectivity index (χ3n) is 2.82. The van der Waals surface area contributed by atoms with Crippen LogP contribution < -0.4 is 5.73 Å². The summed E-state index contributed by atoms with van der Waals surface area (Å²) < 4.78 is 0. The van der Waals surface area contributed by atoms with Crippen molar-refractivity contribution in [1.29, 1.82) is 0 Å². The molecule has 5 heteroatoms. The van der Waals surface area contributed by atoms with E-state index in [1.165, 1.54) is 0 Å². The van der Waals surface area contributed by atoms with Gasteiger partial charge in [0.1, 0.15) is 11.5 Å². The lowest BCUT2D eigenvalue weighted by Crippen LogP contribution is -2.29. The Kier molecular flexibility index (Phi) is 4.07. The van der Waals surface area contributed by atoms with Gasteiger partial charge in [-0.2, -0.15) is 0 Å². The van der Waals surface area contributed by atoms with Gasteiger partial charge in [-0.1, -0.05) is 6.07 Å². The minimum Gasteiger partial charge on any atom is -0.384 e. The fourth-order valence-electron chi connectivity index (χ4n) is 1.71. The maximum absolute atomic E-state index is 12.1. The van der Waals surface area contributed by atoms with Crippen LogP contribution in [0.4, 0.5) is 5.82 Å². The highest BCUT2D eigenvalue weighted by Crippen LogP contribution is 2.05. The van der Waals surface area contributed by atoms with Crippen molar-refractivity contribution in [3.63, 3.8) is 0 Å². The number of likely N-dealkylation sites (N-methyl/N-ethyl adjacent to an activating group) is 1. The van der Waals surface area contributed by atoms with Crippen molar-refractivity contribution in [2.45, 2.75) is 6.42 Å². The Hall–Kier alpha value is -2.43. The van der Waals surface area contributed by atoms with E-state index in [-0.39, 0.29) is 5.91 Å². The number of amides is 1. The van der Waals surface area contributed by atoms with E-state index in [1.807, 2.05) is 12.1 Å². The predicted molar refractivity (Wildman–Crippen MR) is 73.6 cm³/mol. The van der Waals surface area contributed by atoms with Crippen molar-refractivity contribution < 1.29 is 4.79 Å². The number of nitrogen functional groups attached to an aromatic ring is 1. The van der Waals surface area contributed by atoms with Gasteiger partial charge in [0.25, 0.3) is 5.91 Å². The molecule has 2 N–H and O–H groups in total. The predicted octanol–water partition coefficient (Wildman–Crippen LogP) is 1.37. The van der Waals surface area contributed by atoms with Gasteiger partial charge in [-0.25, -0.2) is 4.98 Å². The van der Waals surface area contributed by atoms with Crippen molar-refractivity contribution in [2.75, 3.05) is 19.3 Å². The Labute approximate surface area is 112 Å². The zero-order chi connectivity index (χ0) is 13.7. The minimum atomic E-state index is -0.124. The van der Waals surface area contributed by atoms with Crippen LogP contribution in [0, 0.1) is 0 Å². The van der Waals surface area contributed by atoms with Crippen molar-refractivity contribution in [3.05, 3.63) is 54.0 Å². The quantitative estimate of drug-likeness (QED) is 0.896. The molecule has 0 spiro atoms. The first kappa shape index (κ1) is 13.0. The van der Waals surface area contributed by atoms with E-state index in [0.29, 0.717) is 18.1 Å². The first-order valence-electron chi connectivity index (χ1n) is 6.04. The zero-order valence-electron chi connectivity index (χ0n) is 10.8. The molecule has 0 fully saturated rings. The number of carbonyl (C=O) groups is 1. The summed E-state index contributed by atoms with van der Waals surface area (Å²) in [5, 5.41) is 0. The molecular formula is C14H16N4O. The molecule has 1 amide bonds. The van der Waals surface area contributed by atoms with Crippen LogP contribution in [0.2, 0.25) is 0 Å². The van der Waals surface area contributed by atoms with Crippen molar-refractivity contribution in [2.24, 2.45) is 0 Å². The number of hydrogen-bond acceptors (Lipinski definition) is 4. The van der Waals surface area contributed by atoms with Gasteiger partial charge in [0.15, 0.2) is 0 Å². The van der Waals surface area contributed by atoms with E-state index in [9.17, 15) is 4.79 Å². The molecule has 0 saturated heterocycles. The first-order valence-corrected chi connectivity index (χ1v) is 6.04. The molecule has 0 radical (unpaired) electrons. The van der Waals surface area contributed by atoms with E-state index < -0.39 is 0 Å². The smallest absolute Gasteiger partial charge is 0.272 e. The second-order valence-electron chi connectivity index (χ2n) is 4.28. The monoisotopic (exact) mass is 256 g/mol. The van der Waals surface area contributed by atoms with E-state index in [2.05, 4.69) is 9.97 Å². The Balaban J connectivity index is 1.96. The molecular weight excluding hydrogens is 240 g/mol. The lowest BCUT2D eigenvalue weighted by atomic mass is 10.2. The molecule has 0 aliphatic carbocycles. The molecule has 2 aromatic rings. The number of pyridine rings is 2. The second kappa shape index (κ2) is 5.95. The molecule has 0 aromatic carbocycles. The fraction of sp³-hybridized carbons (Fsp3) is 0.214. The van der Waals surface area contributed by atoms with Gasteiger partial charge in [-0.15, -0.1) is 0 Å². The summed E-state index contributed by atoms with van der Waals surface area (Å²) in [6, 6.07) is 8.94.